The van der Waals surface area contributed by atoms with Crippen LogP contribution in [0.5, 0.6) is 0 Å². The number of fused-ring (bicyclic) bond motifs is 5. The molecule has 4 aliphatic rings. The van der Waals surface area contributed by atoms with E-state index in [2.05, 4.69) is 27.7 Å². The van der Waals surface area contributed by atoms with Crippen LogP contribution in [-0.4, -0.2) is 22.4 Å². The second kappa shape index (κ2) is 6.48. The number of rotatable bonds is 3. The molecule has 0 heterocycles. The Labute approximate surface area is 161 Å². The van der Waals surface area contributed by atoms with E-state index in [9.17, 15) is 10.2 Å². The van der Waals surface area contributed by atoms with Crippen LogP contribution >= 0.6 is 0 Å². The molecule has 0 aromatic heterocycles. The standard InChI is InChI=1S/C24H42O2/c1-5-24-13-12-22(3,26)14-17(24)6-7-18-20-9-8-19(16(2)15-25)23(20,4)11-10-21(18)24/h16-21,25-26H,5-15H2,1-4H3/t16?,17-,18+,19-,20+,21+,22-,23-,24+/m1/s1. The molecule has 1 unspecified atom stereocenters. The molecule has 9 atom stereocenters. The van der Waals surface area contributed by atoms with Gasteiger partial charge in [-0.25, -0.2) is 0 Å². The third kappa shape index (κ3) is 2.65. The first kappa shape index (κ1) is 19.2. The summed E-state index contributed by atoms with van der Waals surface area (Å²) in [4.78, 5) is 0. The fraction of sp³-hybridized carbons (Fsp3) is 1.00. The second-order valence-electron chi connectivity index (χ2n) is 11.3. The SMILES string of the molecule is CC[C@]12CC[C@@](C)(O)C[C@H]1CC[C@H]1[C@@H]3CC[C@H](C(C)CO)[C@@]3(C)CC[C@@H]12. The van der Waals surface area contributed by atoms with Crippen molar-refractivity contribution in [2.45, 2.75) is 97.5 Å². The smallest absolute Gasteiger partial charge is 0.0622 e. The first-order valence-electron chi connectivity index (χ1n) is 11.6. The quantitative estimate of drug-likeness (QED) is 0.704. The van der Waals surface area contributed by atoms with Crippen molar-refractivity contribution in [3.63, 3.8) is 0 Å². The molecule has 4 fully saturated rings. The van der Waals surface area contributed by atoms with Gasteiger partial charge < -0.3 is 10.2 Å². The predicted molar refractivity (Wildman–Crippen MR) is 107 cm³/mol. The number of aliphatic hydroxyl groups excluding tert-OH is 1. The first-order chi connectivity index (χ1) is 12.3. The molecule has 0 radical (unpaired) electrons. The molecule has 150 valence electrons. The topological polar surface area (TPSA) is 40.5 Å². The summed E-state index contributed by atoms with van der Waals surface area (Å²) in [5, 5.41) is 20.5. The van der Waals surface area contributed by atoms with E-state index in [0.29, 0.717) is 23.4 Å². The number of hydrogen-bond donors (Lipinski definition) is 2. The maximum absolute atomic E-state index is 10.7. The summed E-state index contributed by atoms with van der Waals surface area (Å²) < 4.78 is 0. The molecule has 2 N–H and O–H groups in total. The molecule has 0 saturated heterocycles. The van der Waals surface area contributed by atoms with Crippen LogP contribution in [-0.2, 0) is 0 Å². The zero-order chi connectivity index (χ0) is 18.7. The lowest BCUT2D eigenvalue weighted by Gasteiger charge is -2.63. The molecule has 26 heavy (non-hydrogen) atoms. The zero-order valence-electron chi connectivity index (χ0n) is 17.6. The van der Waals surface area contributed by atoms with Gasteiger partial charge in [-0.2, -0.15) is 0 Å². The average molecular weight is 363 g/mol. The zero-order valence-corrected chi connectivity index (χ0v) is 17.6. The van der Waals surface area contributed by atoms with Gasteiger partial charge in [0.1, 0.15) is 0 Å². The van der Waals surface area contributed by atoms with Crippen LogP contribution in [0.25, 0.3) is 0 Å². The Kier molecular flexibility index (Phi) is 4.79. The minimum Gasteiger partial charge on any atom is -0.396 e. The van der Waals surface area contributed by atoms with Gasteiger partial charge in [-0.05, 0) is 117 Å². The van der Waals surface area contributed by atoms with Crippen LogP contribution in [0.2, 0.25) is 0 Å². The summed E-state index contributed by atoms with van der Waals surface area (Å²) >= 11 is 0. The molecule has 4 saturated carbocycles. The largest absolute Gasteiger partial charge is 0.396 e. The Morgan fingerprint density at radius 1 is 0.962 bits per heavy atom. The fourth-order valence-corrected chi connectivity index (χ4v) is 9.05. The van der Waals surface area contributed by atoms with E-state index >= 15 is 0 Å². The molecule has 0 aliphatic heterocycles. The van der Waals surface area contributed by atoms with Crippen molar-refractivity contribution in [3.05, 3.63) is 0 Å². The summed E-state index contributed by atoms with van der Waals surface area (Å²) in [6.07, 6.45) is 12.9. The lowest BCUT2D eigenvalue weighted by Crippen LogP contribution is -2.56. The van der Waals surface area contributed by atoms with E-state index in [1.807, 2.05) is 0 Å². The van der Waals surface area contributed by atoms with Crippen molar-refractivity contribution < 1.29 is 10.2 Å². The van der Waals surface area contributed by atoms with Crippen molar-refractivity contribution in [3.8, 4) is 0 Å². The summed E-state index contributed by atoms with van der Waals surface area (Å²) in [6.45, 7) is 9.73. The highest BCUT2D eigenvalue weighted by molar-refractivity contribution is 5.11. The number of hydrogen-bond acceptors (Lipinski definition) is 2. The molecule has 2 heteroatoms. The Balaban J connectivity index is 1.61. The second-order valence-corrected chi connectivity index (χ2v) is 11.3. The van der Waals surface area contributed by atoms with Gasteiger partial charge in [0.15, 0.2) is 0 Å². The van der Waals surface area contributed by atoms with Crippen molar-refractivity contribution in [1.82, 2.24) is 0 Å². The van der Waals surface area contributed by atoms with E-state index in [-0.39, 0.29) is 0 Å². The van der Waals surface area contributed by atoms with Crippen molar-refractivity contribution in [2.75, 3.05) is 6.61 Å². The van der Waals surface area contributed by atoms with E-state index < -0.39 is 5.60 Å². The minimum atomic E-state index is -0.422. The summed E-state index contributed by atoms with van der Waals surface area (Å²) in [6, 6.07) is 0. The van der Waals surface area contributed by atoms with Crippen molar-refractivity contribution in [2.24, 2.45) is 46.3 Å². The van der Waals surface area contributed by atoms with Gasteiger partial charge in [0.05, 0.1) is 5.60 Å². The van der Waals surface area contributed by atoms with Crippen LogP contribution in [0, 0.1) is 46.3 Å². The van der Waals surface area contributed by atoms with Crippen LogP contribution in [0.4, 0.5) is 0 Å². The van der Waals surface area contributed by atoms with Crippen LogP contribution in [0.1, 0.15) is 91.9 Å². The monoisotopic (exact) mass is 362 g/mol. The highest BCUT2D eigenvalue weighted by atomic mass is 16.3. The third-order valence-corrected chi connectivity index (χ3v) is 10.4. The van der Waals surface area contributed by atoms with Crippen molar-refractivity contribution >= 4 is 0 Å². The highest BCUT2D eigenvalue weighted by Gasteiger charge is 2.62. The Bertz CT molecular complexity index is 528. The van der Waals surface area contributed by atoms with Gasteiger partial charge >= 0.3 is 0 Å². The fourth-order valence-electron chi connectivity index (χ4n) is 9.05. The maximum atomic E-state index is 10.7. The number of aliphatic hydroxyl groups is 2. The molecule has 0 amide bonds. The normalized spacial score (nSPS) is 54.9. The lowest BCUT2D eigenvalue weighted by atomic mass is 9.42. The van der Waals surface area contributed by atoms with Crippen LogP contribution in [0.15, 0.2) is 0 Å². The molecule has 4 aliphatic carbocycles. The minimum absolute atomic E-state index is 0.358. The Hall–Kier alpha value is -0.0800. The molecule has 0 bridgehead atoms. The van der Waals surface area contributed by atoms with Gasteiger partial charge in [0, 0.05) is 6.61 Å². The molecule has 0 spiro atoms. The molecule has 0 aromatic carbocycles. The summed E-state index contributed by atoms with van der Waals surface area (Å²) in [7, 11) is 0. The lowest BCUT2D eigenvalue weighted by molar-refractivity contribution is -0.157. The van der Waals surface area contributed by atoms with E-state index in [4.69, 9.17) is 0 Å². The predicted octanol–water partition coefficient (Wildman–Crippen LogP) is 5.41. The van der Waals surface area contributed by atoms with E-state index in [1.165, 1.54) is 51.4 Å². The molecular weight excluding hydrogens is 320 g/mol. The van der Waals surface area contributed by atoms with Gasteiger partial charge in [-0.15, -0.1) is 0 Å². The average Bonchev–Trinajstić information content (AvgIpc) is 2.97. The van der Waals surface area contributed by atoms with Crippen LogP contribution in [0.3, 0.4) is 0 Å². The first-order valence-corrected chi connectivity index (χ1v) is 11.6. The van der Waals surface area contributed by atoms with E-state index in [1.54, 1.807) is 0 Å². The van der Waals surface area contributed by atoms with Crippen molar-refractivity contribution in [1.29, 1.82) is 0 Å². The van der Waals surface area contributed by atoms with Gasteiger partial charge in [0.2, 0.25) is 0 Å². The molecular formula is C24H42O2. The summed E-state index contributed by atoms with van der Waals surface area (Å²) in [5.41, 5.74) is 0.548. The molecule has 4 rings (SSSR count). The molecule has 0 aromatic rings. The summed E-state index contributed by atoms with van der Waals surface area (Å²) in [5.74, 6) is 4.61. The molecule has 2 nitrogen and oxygen atoms in total. The maximum Gasteiger partial charge on any atom is 0.0622 e. The third-order valence-electron chi connectivity index (χ3n) is 10.4. The van der Waals surface area contributed by atoms with Gasteiger partial charge in [-0.3, -0.25) is 0 Å². The Morgan fingerprint density at radius 2 is 1.73 bits per heavy atom. The van der Waals surface area contributed by atoms with Crippen LogP contribution < -0.4 is 0 Å². The van der Waals surface area contributed by atoms with Gasteiger partial charge in [-0.1, -0.05) is 20.8 Å². The highest BCUT2D eigenvalue weighted by Crippen LogP contribution is 2.69. The van der Waals surface area contributed by atoms with E-state index in [0.717, 1.165) is 42.4 Å². The Morgan fingerprint density at radius 3 is 2.42 bits per heavy atom. The van der Waals surface area contributed by atoms with Gasteiger partial charge in [0.25, 0.3) is 0 Å².